The number of aromatic amines is 1. The first kappa shape index (κ1) is 21.8. The number of fused-ring (bicyclic) bond motifs is 1. The third-order valence-corrected chi connectivity index (χ3v) is 4.74. The number of rotatable bonds is 5. The Hall–Kier alpha value is -2.95. The molecule has 30 heavy (non-hydrogen) atoms. The molecule has 0 aliphatic carbocycles. The quantitative estimate of drug-likeness (QED) is 0.611. The van der Waals surface area contributed by atoms with Crippen LogP contribution in [0, 0.1) is 11.7 Å². The topological polar surface area (TPSA) is 87.0 Å². The number of aliphatic hydroxyl groups excluding tert-OH is 1. The molecule has 0 saturated heterocycles. The van der Waals surface area contributed by atoms with Crippen LogP contribution in [0.4, 0.5) is 23.5 Å². The third kappa shape index (κ3) is 3.76. The number of halogens is 4. The molecule has 0 saturated carbocycles. The van der Waals surface area contributed by atoms with Crippen molar-refractivity contribution in [3.05, 3.63) is 51.2 Å². The Morgan fingerprint density at radius 1 is 1.27 bits per heavy atom. The minimum atomic E-state index is -4.68. The predicted octanol–water partition coefficient (Wildman–Crippen LogP) is 3.08. The van der Waals surface area contributed by atoms with E-state index in [9.17, 15) is 27.5 Å². The summed E-state index contributed by atoms with van der Waals surface area (Å²) < 4.78 is 54.9. The number of benzene rings is 1. The molecule has 2 aromatic heterocycles. The van der Waals surface area contributed by atoms with Crippen molar-refractivity contribution in [2.24, 2.45) is 5.92 Å². The van der Waals surface area contributed by atoms with Crippen molar-refractivity contribution >= 4 is 17.0 Å². The molecule has 1 atom stereocenters. The maximum atomic E-state index is 14.8. The maximum absolute atomic E-state index is 14.8. The van der Waals surface area contributed by atoms with E-state index in [1.807, 2.05) is 0 Å². The van der Waals surface area contributed by atoms with Crippen LogP contribution in [0.15, 0.2) is 23.0 Å². The first-order chi connectivity index (χ1) is 14.0. The first-order valence-corrected chi connectivity index (χ1v) is 9.12. The van der Waals surface area contributed by atoms with Crippen molar-refractivity contribution in [1.29, 1.82) is 0 Å². The molecule has 0 aliphatic heterocycles. The summed E-state index contributed by atoms with van der Waals surface area (Å²) in [6.07, 6.45) is -4.68. The Balaban J connectivity index is 2.29. The van der Waals surface area contributed by atoms with Crippen LogP contribution in [0.25, 0.3) is 11.0 Å². The van der Waals surface area contributed by atoms with Crippen LogP contribution in [0.5, 0.6) is 0 Å². The van der Waals surface area contributed by atoms with E-state index in [2.05, 4.69) is 15.1 Å². The van der Waals surface area contributed by atoms with Gasteiger partial charge in [-0.2, -0.15) is 23.3 Å². The zero-order chi connectivity index (χ0) is 22.4. The van der Waals surface area contributed by atoms with Gasteiger partial charge in [0, 0.05) is 19.7 Å². The van der Waals surface area contributed by atoms with Crippen molar-refractivity contribution in [2.75, 3.05) is 19.0 Å². The van der Waals surface area contributed by atoms with Crippen molar-refractivity contribution in [1.82, 2.24) is 19.7 Å². The van der Waals surface area contributed by atoms with Gasteiger partial charge in [0.2, 0.25) is 5.95 Å². The van der Waals surface area contributed by atoms with Gasteiger partial charge >= 0.3 is 6.18 Å². The van der Waals surface area contributed by atoms with Crippen LogP contribution >= 0.6 is 0 Å². The number of hydrogen-bond donors (Lipinski definition) is 2. The number of hydrogen-bond acceptors (Lipinski definition) is 5. The summed E-state index contributed by atoms with van der Waals surface area (Å²) in [4.78, 5) is 21.1. The smallest absolute Gasteiger partial charge is 0.390 e. The first-order valence-electron chi connectivity index (χ1n) is 9.12. The van der Waals surface area contributed by atoms with Gasteiger partial charge in [-0.05, 0) is 18.1 Å². The lowest BCUT2D eigenvalue weighted by Gasteiger charge is -2.24. The predicted molar refractivity (Wildman–Crippen MR) is 103 cm³/mol. The lowest BCUT2D eigenvalue weighted by molar-refractivity contribution is -0.137. The number of nitrogens with zero attached hydrogens (tertiary/aromatic N) is 4. The second kappa shape index (κ2) is 7.71. The summed E-state index contributed by atoms with van der Waals surface area (Å²) in [5, 5.41) is 14.0. The molecule has 2 N–H and O–H groups in total. The molecule has 3 rings (SSSR count). The molecule has 0 bridgehead atoms. The van der Waals surface area contributed by atoms with Gasteiger partial charge in [-0.3, -0.25) is 9.78 Å². The van der Waals surface area contributed by atoms with Crippen LogP contribution in [0.3, 0.4) is 0 Å². The van der Waals surface area contributed by atoms with Crippen LogP contribution < -0.4 is 10.5 Å². The average molecular weight is 427 g/mol. The lowest BCUT2D eigenvalue weighted by atomic mass is 9.94. The van der Waals surface area contributed by atoms with Gasteiger partial charge in [0.1, 0.15) is 16.9 Å². The molecule has 0 spiro atoms. The number of nitrogens with one attached hydrogen (secondary N) is 1. The standard InChI is InChI=1S/C19H21F4N5O2/c1-9(2)15(11-6-5-10(7-12(11)20)19(21,22)23)28-16-14(13(8-29)26-28)17(30)25-18(24-16)27(3)4/h5-7,9,15,29H,8H2,1-4H3,(H,24,25,30)/t15-/m0/s1. The normalized spacial score (nSPS) is 13.3. The summed E-state index contributed by atoms with van der Waals surface area (Å²) in [5.74, 6) is -1.15. The molecule has 1 aromatic carbocycles. The maximum Gasteiger partial charge on any atom is 0.416 e. The van der Waals surface area contributed by atoms with E-state index in [1.165, 1.54) is 4.68 Å². The Morgan fingerprint density at radius 3 is 2.43 bits per heavy atom. The van der Waals surface area contributed by atoms with Crippen LogP contribution in [-0.2, 0) is 12.8 Å². The Bertz CT molecular complexity index is 1130. The van der Waals surface area contributed by atoms with Gasteiger partial charge in [0.15, 0.2) is 5.65 Å². The summed E-state index contributed by atoms with van der Waals surface area (Å²) >= 11 is 0. The van der Waals surface area contributed by atoms with E-state index < -0.39 is 35.8 Å². The molecule has 2 heterocycles. The highest BCUT2D eigenvalue weighted by molar-refractivity contribution is 5.78. The summed E-state index contributed by atoms with van der Waals surface area (Å²) in [5.41, 5.74) is -1.52. The van der Waals surface area contributed by atoms with Gasteiger partial charge in [-0.15, -0.1) is 0 Å². The van der Waals surface area contributed by atoms with Crippen LogP contribution in [0.2, 0.25) is 0 Å². The van der Waals surface area contributed by atoms with E-state index in [0.29, 0.717) is 6.07 Å². The SMILES string of the molecule is CC(C)[C@@H](c1ccc(C(F)(F)F)cc1F)n1nc(CO)c2c(=O)[nH]c(N(C)C)nc21. The molecule has 162 valence electrons. The molecule has 0 unspecified atom stereocenters. The van der Waals surface area contributed by atoms with Crippen molar-refractivity contribution in [2.45, 2.75) is 32.7 Å². The Morgan fingerprint density at radius 2 is 1.93 bits per heavy atom. The van der Waals surface area contributed by atoms with Crippen LogP contribution in [-0.4, -0.2) is 39.0 Å². The van der Waals surface area contributed by atoms with E-state index in [4.69, 9.17) is 0 Å². The fourth-order valence-corrected chi connectivity index (χ4v) is 3.34. The van der Waals surface area contributed by atoms with Crippen LogP contribution in [0.1, 0.15) is 36.7 Å². The van der Waals surface area contributed by atoms with E-state index in [1.54, 1.807) is 32.8 Å². The molecule has 0 radical (unpaired) electrons. The number of aliphatic hydroxyl groups is 1. The zero-order valence-electron chi connectivity index (χ0n) is 16.8. The number of alkyl halides is 3. The minimum absolute atomic E-state index is 0.0274. The summed E-state index contributed by atoms with van der Waals surface area (Å²) in [6.45, 7) is 2.93. The molecular formula is C19H21F4N5O2. The Kier molecular flexibility index (Phi) is 5.59. The van der Waals surface area contributed by atoms with E-state index in [-0.39, 0.29) is 34.2 Å². The molecule has 0 amide bonds. The zero-order valence-corrected chi connectivity index (χ0v) is 16.8. The summed E-state index contributed by atoms with van der Waals surface area (Å²) in [7, 11) is 3.32. The number of anilines is 1. The highest BCUT2D eigenvalue weighted by Gasteiger charge is 2.33. The molecule has 11 heteroatoms. The van der Waals surface area contributed by atoms with Gasteiger partial charge in [0.05, 0.1) is 18.2 Å². The van der Waals surface area contributed by atoms with E-state index in [0.717, 1.165) is 12.1 Å². The van der Waals surface area contributed by atoms with Gasteiger partial charge < -0.3 is 10.0 Å². The molecule has 7 nitrogen and oxygen atoms in total. The average Bonchev–Trinajstić information content (AvgIpc) is 3.01. The highest BCUT2D eigenvalue weighted by Crippen LogP contribution is 2.35. The lowest BCUT2D eigenvalue weighted by Crippen LogP contribution is -2.22. The monoisotopic (exact) mass is 427 g/mol. The van der Waals surface area contributed by atoms with Gasteiger partial charge in [-0.25, -0.2) is 9.07 Å². The van der Waals surface area contributed by atoms with Crippen molar-refractivity contribution in [3.8, 4) is 0 Å². The fourth-order valence-electron chi connectivity index (χ4n) is 3.34. The number of aromatic nitrogens is 4. The van der Waals surface area contributed by atoms with Gasteiger partial charge in [-0.1, -0.05) is 19.9 Å². The molecule has 0 fully saturated rings. The van der Waals surface area contributed by atoms with Crippen molar-refractivity contribution in [3.63, 3.8) is 0 Å². The largest absolute Gasteiger partial charge is 0.416 e. The minimum Gasteiger partial charge on any atom is -0.390 e. The third-order valence-electron chi connectivity index (χ3n) is 4.74. The second-order valence-corrected chi connectivity index (χ2v) is 7.45. The summed E-state index contributed by atoms with van der Waals surface area (Å²) in [6, 6.07) is 1.45. The Labute approximate surface area is 169 Å². The molecular weight excluding hydrogens is 406 g/mol. The van der Waals surface area contributed by atoms with E-state index >= 15 is 0 Å². The molecule has 3 aromatic rings. The fraction of sp³-hybridized carbons (Fsp3) is 0.421. The second-order valence-electron chi connectivity index (χ2n) is 7.45. The molecule has 0 aliphatic rings. The van der Waals surface area contributed by atoms with Gasteiger partial charge in [0.25, 0.3) is 5.56 Å². The van der Waals surface area contributed by atoms with Crippen molar-refractivity contribution < 1.29 is 22.7 Å². The number of H-pyrrole nitrogens is 1. The highest BCUT2D eigenvalue weighted by atomic mass is 19.4.